The van der Waals surface area contributed by atoms with Crippen LogP contribution < -0.4 is 0 Å². The van der Waals surface area contributed by atoms with Gasteiger partial charge in [0.2, 0.25) is 5.88 Å². The number of allylic oxidation sites excluding steroid dienone is 4. The fourth-order valence-corrected chi connectivity index (χ4v) is 2.62. The molecule has 0 amide bonds. The van der Waals surface area contributed by atoms with E-state index < -0.39 is 0 Å². The van der Waals surface area contributed by atoms with Crippen molar-refractivity contribution in [3.8, 4) is 6.07 Å². The first-order valence-electron chi connectivity index (χ1n) is 7.31. The van der Waals surface area contributed by atoms with E-state index in [0.717, 1.165) is 50.7 Å². The van der Waals surface area contributed by atoms with Gasteiger partial charge >= 0.3 is 0 Å². The van der Waals surface area contributed by atoms with Crippen molar-refractivity contribution < 1.29 is 9.47 Å². The maximum absolute atomic E-state index is 8.71. The van der Waals surface area contributed by atoms with Gasteiger partial charge in [-0.15, -0.1) is 0 Å². The second kappa shape index (κ2) is 6.51. The van der Waals surface area contributed by atoms with Gasteiger partial charge in [-0.05, 0) is 18.4 Å². The Kier molecular flexibility index (Phi) is 4.27. The Balaban J connectivity index is 1.54. The van der Waals surface area contributed by atoms with Crippen LogP contribution in [-0.2, 0) is 9.47 Å². The highest BCUT2D eigenvalue weighted by Crippen LogP contribution is 2.26. The molecule has 0 aromatic heterocycles. The zero-order valence-corrected chi connectivity index (χ0v) is 12.0. The van der Waals surface area contributed by atoms with Crippen molar-refractivity contribution in [3.63, 3.8) is 0 Å². The quantitative estimate of drug-likeness (QED) is 0.743. The van der Waals surface area contributed by atoms with E-state index in [4.69, 9.17) is 14.7 Å². The normalized spacial score (nSPS) is 22.4. The zero-order chi connectivity index (χ0) is 14.5. The molecule has 1 fully saturated rings. The Morgan fingerprint density at radius 1 is 1.14 bits per heavy atom. The molecule has 1 aliphatic carbocycles. The Morgan fingerprint density at radius 2 is 2.00 bits per heavy atom. The van der Waals surface area contributed by atoms with Crippen molar-refractivity contribution in [3.05, 3.63) is 48.0 Å². The van der Waals surface area contributed by atoms with Gasteiger partial charge in [-0.1, -0.05) is 18.2 Å². The molecule has 2 aliphatic heterocycles. The van der Waals surface area contributed by atoms with Crippen molar-refractivity contribution in [1.82, 2.24) is 9.80 Å². The molecular formula is C16H19N3O2. The average Bonchev–Trinajstić information content (AvgIpc) is 2.57. The van der Waals surface area contributed by atoms with Crippen LogP contribution in [0.2, 0.25) is 0 Å². The Labute approximate surface area is 125 Å². The summed E-state index contributed by atoms with van der Waals surface area (Å²) in [6, 6.07) is 2.19. The first-order valence-corrected chi connectivity index (χ1v) is 7.31. The van der Waals surface area contributed by atoms with E-state index in [1.807, 2.05) is 0 Å². The summed E-state index contributed by atoms with van der Waals surface area (Å²) in [6.07, 6.45) is 11.7. The van der Waals surface area contributed by atoms with Gasteiger partial charge in [-0.2, -0.15) is 5.26 Å². The predicted molar refractivity (Wildman–Crippen MR) is 78.4 cm³/mol. The minimum Gasteiger partial charge on any atom is -0.456 e. The molecule has 0 aromatic carbocycles. The van der Waals surface area contributed by atoms with Crippen LogP contribution >= 0.6 is 0 Å². The van der Waals surface area contributed by atoms with Crippen LogP contribution in [0.5, 0.6) is 0 Å². The number of ether oxygens (including phenoxy) is 2. The van der Waals surface area contributed by atoms with Gasteiger partial charge in [-0.3, -0.25) is 4.90 Å². The smallest absolute Gasteiger partial charge is 0.231 e. The van der Waals surface area contributed by atoms with Crippen molar-refractivity contribution in [2.45, 2.75) is 12.8 Å². The highest BCUT2D eigenvalue weighted by atomic mass is 16.6. The molecule has 2 heterocycles. The van der Waals surface area contributed by atoms with Gasteiger partial charge in [0.25, 0.3) is 0 Å². The van der Waals surface area contributed by atoms with E-state index in [1.165, 1.54) is 5.57 Å². The molecule has 0 aromatic rings. The molecule has 0 spiro atoms. The van der Waals surface area contributed by atoms with Crippen LogP contribution in [0.15, 0.2) is 48.0 Å². The van der Waals surface area contributed by atoms with Crippen LogP contribution in [-0.4, -0.2) is 42.5 Å². The topological polar surface area (TPSA) is 48.7 Å². The van der Waals surface area contributed by atoms with Crippen molar-refractivity contribution in [2.24, 2.45) is 0 Å². The second-order valence-electron chi connectivity index (χ2n) is 5.25. The number of hydrogen-bond donors (Lipinski definition) is 0. The largest absolute Gasteiger partial charge is 0.456 e. The highest BCUT2D eigenvalue weighted by Gasteiger charge is 2.22. The highest BCUT2D eigenvalue weighted by molar-refractivity contribution is 5.32. The summed E-state index contributed by atoms with van der Waals surface area (Å²) in [6.45, 7) is 3.95. The Morgan fingerprint density at radius 3 is 2.62 bits per heavy atom. The van der Waals surface area contributed by atoms with E-state index in [2.05, 4.69) is 34.1 Å². The third-order valence-corrected chi connectivity index (χ3v) is 3.88. The van der Waals surface area contributed by atoms with Gasteiger partial charge in [0.1, 0.15) is 6.26 Å². The van der Waals surface area contributed by atoms with Gasteiger partial charge in [0.15, 0.2) is 12.0 Å². The van der Waals surface area contributed by atoms with Crippen LogP contribution in [0.3, 0.4) is 0 Å². The number of rotatable bonds is 3. The molecule has 0 bridgehead atoms. The van der Waals surface area contributed by atoms with Crippen LogP contribution in [0.25, 0.3) is 0 Å². The van der Waals surface area contributed by atoms with Crippen molar-refractivity contribution in [1.29, 1.82) is 5.26 Å². The lowest BCUT2D eigenvalue weighted by molar-refractivity contribution is 0.0897. The number of piperazine rings is 1. The van der Waals surface area contributed by atoms with Crippen molar-refractivity contribution in [2.75, 3.05) is 32.7 Å². The maximum atomic E-state index is 8.71. The lowest BCUT2D eigenvalue weighted by atomic mass is 10.0. The summed E-state index contributed by atoms with van der Waals surface area (Å²) in [5, 5.41) is 8.71. The summed E-state index contributed by atoms with van der Waals surface area (Å²) in [5.41, 5.74) is 1.17. The molecular weight excluding hydrogens is 266 g/mol. The minimum atomic E-state index is 0.496. The van der Waals surface area contributed by atoms with E-state index in [1.54, 1.807) is 12.5 Å². The third-order valence-electron chi connectivity index (χ3n) is 3.88. The number of nitrogens with zero attached hydrogens (tertiary/aromatic N) is 3. The Hall–Kier alpha value is -2.19. The molecule has 0 saturated carbocycles. The van der Waals surface area contributed by atoms with Crippen LogP contribution in [0.1, 0.15) is 12.8 Å². The van der Waals surface area contributed by atoms with E-state index in [-0.39, 0.29) is 0 Å². The van der Waals surface area contributed by atoms with E-state index in [9.17, 15) is 0 Å². The molecule has 1 saturated heterocycles. The summed E-state index contributed by atoms with van der Waals surface area (Å²) >= 11 is 0. The predicted octanol–water partition coefficient (Wildman–Crippen LogP) is 2.09. The standard InChI is InChI=1S/C16H19N3O2/c17-6-7-18-8-10-19(11-9-18)16-13-20-15(12-21-16)14-4-2-1-3-5-14/h1-2,4,12-13H,3,5,7-11H2. The van der Waals surface area contributed by atoms with Crippen LogP contribution in [0, 0.1) is 11.3 Å². The molecule has 5 nitrogen and oxygen atoms in total. The molecule has 21 heavy (non-hydrogen) atoms. The second-order valence-corrected chi connectivity index (χ2v) is 5.25. The summed E-state index contributed by atoms with van der Waals surface area (Å²) in [4.78, 5) is 4.29. The molecule has 3 rings (SSSR count). The maximum Gasteiger partial charge on any atom is 0.231 e. The van der Waals surface area contributed by atoms with Crippen LogP contribution in [0.4, 0.5) is 0 Å². The van der Waals surface area contributed by atoms with E-state index in [0.29, 0.717) is 6.54 Å². The fourth-order valence-electron chi connectivity index (χ4n) is 2.62. The summed E-state index contributed by atoms with van der Waals surface area (Å²) in [5.74, 6) is 1.55. The van der Waals surface area contributed by atoms with E-state index >= 15 is 0 Å². The lowest BCUT2D eigenvalue weighted by Gasteiger charge is -2.35. The zero-order valence-electron chi connectivity index (χ0n) is 12.0. The fraction of sp³-hybridized carbons (Fsp3) is 0.438. The number of nitriles is 1. The van der Waals surface area contributed by atoms with Crippen molar-refractivity contribution >= 4 is 0 Å². The number of hydrogen-bond acceptors (Lipinski definition) is 5. The molecule has 0 unspecified atom stereocenters. The summed E-state index contributed by atoms with van der Waals surface area (Å²) < 4.78 is 11.5. The third kappa shape index (κ3) is 3.29. The van der Waals surface area contributed by atoms with Gasteiger partial charge in [-0.25, -0.2) is 0 Å². The molecule has 0 atom stereocenters. The molecule has 110 valence electrons. The first-order chi connectivity index (χ1) is 10.4. The minimum absolute atomic E-state index is 0.496. The SMILES string of the molecule is N#CCN1CCN(C2=COC(C3=CC=CCC3)=CO2)CC1. The van der Waals surface area contributed by atoms with Gasteiger partial charge in [0.05, 0.1) is 12.6 Å². The Bertz CT molecular complexity index is 546. The molecule has 5 heteroatoms. The van der Waals surface area contributed by atoms with Gasteiger partial charge in [0, 0.05) is 26.2 Å². The lowest BCUT2D eigenvalue weighted by Crippen LogP contribution is -2.46. The summed E-state index contributed by atoms with van der Waals surface area (Å²) in [7, 11) is 0. The monoisotopic (exact) mass is 285 g/mol. The first kappa shape index (κ1) is 13.8. The molecule has 3 aliphatic rings. The average molecular weight is 285 g/mol. The molecule has 0 N–H and O–H groups in total. The van der Waals surface area contributed by atoms with Gasteiger partial charge < -0.3 is 14.4 Å². The molecule has 0 radical (unpaired) electrons.